The van der Waals surface area contributed by atoms with Gasteiger partial charge in [0, 0.05) is 13.1 Å². The molecular weight excluding hydrogens is 270 g/mol. The van der Waals surface area contributed by atoms with E-state index in [2.05, 4.69) is 0 Å². The number of hydrogen-bond acceptors (Lipinski definition) is 3. The van der Waals surface area contributed by atoms with E-state index in [0.29, 0.717) is 12.8 Å². The quantitative estimate of drug-likeness (QED) is 0.926. The number of rotatable bonds is 4. The van der Waals surface area contributed by atoms with Crippen molar-refractivity contribution >= 4 is 12.1 Å². The number of aliphatic carboxylic acids is 1. The van der Waals surface area contributed by atoms with Gasteiger partial charge >= 0.3 is 12.1 Å². The van der Waals surface area contributed by atoms with Gasteiger partial charge in [-0.1, -0.05) is 36.8 Å². The summed E-state index contributed by atoms with van der Waals surface area (Å²) in [5.74, 6) is -1.13. The molecule has 1 aromatic rings. The summed E-state index contributed by atoms with van der Waals surface area (Å²) in [4.78, 5) is 24.7. The van der Waals surface area contributed by atoms with E-state index in [0.717, 1.165) is 18.4 Å². The van der Waals surface area contributed by atoms with Crippen LogP contribution < -0.4 is 0 Å². The number of ether oxygens (including phenoxy) is 1. The van der Waals surface area contributed by atoms with Crippen LogP contribution in [-0.4, -0.2) is 35.2 Å². The summed E-state index contributed by atoms with van der Waals surface area (Å²) in [7, 11) is 1.68. The van der Waals surface area contributed by atoms with Gasteiger partial charge in [-0.2, -0.15) is 0 Å². The fourth-order valence-electron chi connectivity index (χ4n) is 2.71. The summed E-state index contributed by atoms with van der Waals surface area (Å²) < 4.78 is 5.28. The third kappa shape index (κ3) is 4.21. The van der Waals surface area contributed by atoms with Gasteiger partial charge in [0.15, 0.2) is 0 Å². The van der Waals surface area contributed by atoms with Gasteiger partial charge in [-0.25, -0.2) is 4.79 Å². The molecule has 1 aromatic carbocycles. The van der Waals surface area contributed by atoms with Crippen LogP contribution in [-0.2, 0) is 16.1 Å². The molecule has 2 atom stereocenters. The Morgan fingerprint density at radius 2 is 2.00 bits per heavy atom. The lowest BCUT2D eigenvalue weighted by molar-refractivity contribution is -0.143. The van der Waals surface area contributed by atoms with Crippen molar-refractivity contribution in [2.45, 2.75) is 38.3 Å². The summed E-state index contributed by atoms with van der Waals surface area (Å²) in [6, 6.07) is 9.44. The van der Waals surface area contributed by atoms with Crippen LogP contribution >= 0.6 is 0 Å². The Morgan fingerprint density at radius 3 is 2.67 bits per heavy atom. The second-order valence-corrected chi connectivity index (χ2v) is 5.51. The molecule has 114 valence electrons. The average Bonchev–Trinajstić information content (AvgIpc) is 2.53. The van der Waals surface area contributed by atoms with Gasteiger partial charge in [-0.05, 0) is 24.8 Å². The van der Waals surface area contributed by atoms with Crippen LogP contribution in [0.1, 0.15) is 31.2 Å². The average molecular weight is 291 g/mol. The SMILES string of the molecule is CN(C(=O)OCc1ccccc1)[C@H]1CCC[C@@H](C(=O)O)C1. The Balaban J connectivity index is 1.85. The molecular formula is C16H21NO4. The fourth-order valence-corrected chi connectivity index (χ4v) is 2.71. The smallest absolute Gasteiger partial charge is 0.410 e. The molecule has 1 amide bonds. The Kier molecular flexibility index (Phi) is 5.20. The van der Waals surface area contributed by atoms with Gasteiger partial charge in [0.05, 0.1) is 5.92 Å². The van der Waals surface area contributed by atoms with Gasteiger partial charge in [0.1, 0.15) is 6.61 Å². The van der Waals surface area contributed by atoms with E-state index in [1.165, 1.54) is 4.90 Å². The molecule has 5 heteroatoms. The molecule has 2 rings (SSSR count). The first kappa shape index (κ1) is 15.4. The Hall–Kier alpha value is -2.04. The Labute approximate surface area is 124 Å². The summed E-state index contributed by atoms with van der Waals surface area (Å²) in [6.07, 6.45) is 2.47. The lowest BCUT2D eigenvalue weighted by Gasteiger charge is -2.33. The van der Waals surface area contributed by atoms with Crippen LogP contribution in [0.15, 0.2) is 30.3 Å². The number of nitrogens with zero attached hydrogens (tertiary/aromatic N) is 1. The lowest BCUT2D eigenvalue weighted by atomic mass is 9.85. The minimum absolute atomic E-state index is 0.0527. The van der Waals surface area contributed by atoms with Crippen molar-refractivity contribution in [2.75, 3.05) is 7.05 Å². The van der Waals surface area contributed by atoms with Crippen molar-refractivity contribution < 1.29 is 19.4 Å². The van der Waals surface area contributed by atoms with Crippen molar-refractivity contribution in [2.24, 2.45) is 5.92 Å². The molecule has 0 spiro atoms. The molecule has 0 bridgehead atoms. The minimum atomic E-state index is -0.772. The van der Waals surface area contributed by atoms with Crippen LogP contribution in [0.2, 0.25) is 0 Å². The first-order chi connectivity index (χ1) is 10.1. The van der Waals surface area contributed by atoms with E-state index in [1.54, 1.807) is 7.05 Å². The van der Waals surface area contributed by atoms with Gasteiger partial charge in [-0.15, -0.1) is 0 Å². The number of hydrogen-bond donors (Lipinski definition) is 1. The third-order valence-electron chi connectivity index (χ3n) is 4.04. The zero-order chi connectivity index (χ0) is 15.2. The highest BCUT2D eigenvalue weighted by Crippen LogP contribution is 2.27. The molecule has 1 aliphatic carbocycles. The van der Waals surface area contributed by atoms with E-state index < -0.39 is 12.1 Å². The van der Waals surface area contributed by atoms with E-state index in [1.807, 2.05) is 30.3 Å². The highest BCUT2D eigenvalue weighted by Gasteiger charge is 2.31. The second-order valence-electron chi connectivity index (χ2n) is 5.51. The van der Waals surface area contributed by atoms with Gasteiger partial charge in [0.25, 0.3) is 0 Å². The lowest BCUT2D eigenvalue weighted by Crippen LogP contribution is -2.41. The van der Waals surface area contributed by atoms with Crippen molar-refractivity contribution in [1.82, 2.24) is 4.90 Å². The predicted molar refractivity (Wildman–Crippen MR) is 77.8 cm³/mol. The number of carbonyl (C=O) groups is 2. The van der Waals surface area contributed by atoms with E-state index in [-0.39, 0.29) is 18.6 Å². The number of benzene rings is 1. The molecule has 21 heavy (non-hydrogen) atoms. The van der Waals surface area contributed by atoms with Crippen LogP contribution in [0.3, 0.4) is 0 Å². The Morgan fingerprint density at radius 1 is 1.29 bits per heavy atom. The molecule has 1 saturated carbocycles. The zero-order valence-electron chi connectivity index (χ0n) is 12.2. The topological polar surface area (TPSA) is 66.8 Å². The van der Waals surface area contributed by atoms with Gasteiger partial charge in [0.2, 0.25) is 0 Å². The summed E-state index contributed by atoms with van der Waals surface area (Å²) in [5.41, 5.74) is 0.936. The second kappa shape index (κ2) is 7.11. The molecule has 0 aliphatic heterocycles. The normalized spacial score (nSPS) is 21.6. The summed E-state index contributed by atoms with van der Waals surface area (Å²) in [5, 5.41) is 9.09. The molecule has 5 nitrogen and oxygen atoms in total. The fraction of sp³-hybridized carbons (Fsp3) is 0.500. The molecule has 0 heterocycles. The maximum absolute atomic E-state index is 12.0. The van der Waals surface area contributed by atoms with Crippen molar-refractivity contribution in [3.8, 4) is 0 Å². The van der Waals surface area contributed by atoms with E-state index in [9.17, 15) is 9.59 Å². The maximum atomic E-state index is 12.0. The van der Waals surface area contributed by atoms with Crippen LogP contribution in [0.25, 0.3) is 0 Å². The van der Waals surface area contributed by atoms with Crippen LogP contribution in [0.4, 0.5) is 4.79 Å². The minimum Gasteiger partial charge on any atom is -0.481 e. The van der Waals surface area contributed by atoms with Crippen molar-refractivity contribution in [3.63, 3.8) is 0 Å². The number of carboxylic acids is 1. The van der Waals surface area contributed by atoms with E-state index >= 15 is 0 Å². The first-order valence-electron chi connectivity index (χ1n) is 7.24. The van der Waals surface area contributed by atoms with Gasteiger partial charge < -0.3 is 14.7 Å². The number of carboxylic acid groups (broad SMARTS) is 1. The standard InChI is InChI=1S/C16H21NO4/c1-17(14-9-5-8-13(10-14)15(18)19)16(20)21-11-12-6-3-2-4-7-12/h2-4,6-7,13-14H,5,8-11H2,1H3,(H,18,19)/t13-,14+/m1/s1. The highest BCUT2D eigenvalue weighted by atomic mass is 16.6. The van der Waals surface area contributed by atoms with Crippen LogP contribution in [0, 0.1) is 5.92 Å². The largest absolute Gasteiger partial charge is 0.481 e. The molecule has 0 unspecified atom stereocenters. The monoisotopic (exact) mass is 291 g/mol. The molecule has 0 radical (unpaired) electrons. The van der Waals surface area contributed by atoms with Crippen molar-refractivity contribution in [1.29, 1.82) is 0 Å². The number of amides is 1. The molecule has 1 aliphatic rings. The zero-order valence-corrected chi connectivity index (χ0v) is 12.2. The third-order valence-corrected chi connectivity index (χ3v) is 4.04. The van der Waals surface area contributed by atoms with Crippen molar-refractivity contribution in [3.05, 3.63) is 35.9 Å². The Bertz CT molecular complexity index is 488. The van der Waals surface area contributed by atoms with E-state index in [4.69, 9.17) is 9.84 Å². The molecule has 0 saturated heterocycles. The molecule has 0 aromatic heterocycles. The van der Waals surface area contributed by atoms with Crippen LogP contribution in [0.5, 0.6) is 0 Å². The maximum Gasteiger partial charge on any atom is 0.410 e. The number of carbonyl (C=O) groups excluding carboxylic acids is 1. The summed E-state index contributed by atoms with van der Waals surface area (Å²) >= 11 is 0. The highest BCUT2D eigenvalue weighted by molar-refractivity contribution is 5.71. The molecule has 1 N–H and O–H groups in total. The van der Waals surface area contributed by atoms with Gasteiger partial charge in [-0.3, -0.25) is 4.79 Å². The first-order valence-corrected chi connectivity index (χ1v) is 7.24. The molecule has 1 fully saturated rings. The predicted octanol–water partition coefficient (Wildman–Crippen LogP) is 2.90. The summed E-state index contributed by atoms with van der Waals surface area (Å²) in [6.45, 7) is 0.235.